The smallest absolute Gasteiger partial charge is 0.187 e. The van der Waals surface area contributed by atoms with Crippen molar-refractivity contribution in [1.82, 2.24) is 0 Å². The van der Waals surface area contributed by atoms with Gasteiger partial charge in [-0.05, 0) is 42.5 Å². The van der Waals surface area contributed by atoms with E-state index in [1.165, 1.54) is 12.3 Å². The first-order valence-corrected chi connectivity index (χ1v) is 6.88. The van der Waals surface area contributed by atoms with Gasteiger partial charge in [0.05, 0.1) is 10.7 Å². The van der Waals surface area contributed by atoms with Gasteiger partial charge in [-0.1, -0.05) is 34.8 Å². The highest BCUT2D eigenvalue weighted by molar-refractivity contribution is 6.36. The topological polar surface area (TPSA) is 29.1 Å². The van der Waals surface area contributed by atoms with Gasteiger partial charge < -0.3 is 5.32 Å². The lowest BCUT2D eigenvalue weighted by atomic mass is 10.1. The van der Waals surface area contributed by atoms with Crippen LogP contribution in [0.1, 0.15) is 10.4 Å². The summed E-state index contributed by atoms with van der Waals surface area (Å²) in [4.78, 5) is 11.9. The normalized spacial score (nSPS) is 10.8. The van der Waals surface area contributed by atoms with Gasteiger partial charge in [-0.3, -0.25) is 4.79 Å². The van der Waals surface area contributed by atoms with Crippen molar-refractivity contribution >= 4 is 46.3 Å². The van der Waals surface area contributed by atoms with Crippen molar-refractivity contribution in [3.8, 4) is 0 Å². The Balaban J connectivity index is 2.02. The molecule has 0 atom stereocenters. The van der Waals surface area contributed by atoms with Gasteiger partial charge in [0, 0.05) is 27.9 Å². The molecule has 0 fully saturated rings. The van der Waals surface area contributed by atoms with Crippen LogP contribution in [-0.2, 0) is 0 Å². The van der Waals surface area contributed by atoms with Crippen LogP contribution < -0.4 is 5.32 Å². The SMILES string of the molecule is O=C(/C=C/Nc1ccc(Cl)cc1Cl)c1ccc(Cl)cc1. The summed E-state index contributed by atoms with van der Waals surface area (Å²) in [5.74, 6) is -0.126. The van der Waals surface area contributed by atoms with Crippen molar-refractivity contribution in [3.63, 3.8) is 0 Å². The summed E-state index contributed by atoms with van der Waals surface area (Å²) in [7, 11) is 0. The monoisotopic (exact) mass is 325 g/mol. The number of benzene rings is 2. The fourth-order valence-electron chi connectivity index (χ4n) is 1.52. The predicted molar refractivity (Wildman–Crippen MR) is 85.0 cm³/mol. The first-order valence-electron chi connectivity index (χ1n) is 5.74. The maximum absolute atomic E-state index is 11.9. The van der Waals surface area contributed by atoms with E-state index in [4.69, 9.17) is 34.8 Å². The molecule has 0 aromatic heterocycles. The highest BCUT2D eigenvalue weighted by atomic mass is 35.5. The zero-order valence-electron chi connectivity index (χ0n) is 10.2. The van der Waals surface area contributed by atoms with E-state index in [0.717, 1.165) is 0 Å². The molecule has 2 nitrogen and oxygen atoms in total. The standard InChI is InChI=1S/C15H10Cl3NO/c16-11-3-1-10(2-4-11)15(20)7-8-19-14-6-5-12(17)9-13(14)18/h1-9,19H/b8-7+. The molecule has 0 unspecified atom stereocenters. The van der Waals surface area contributed by atoms with Crippen molar-refractivity contribution < 1.29 is 4.79 Å². The third-order valence-electron chi connectivity index (χ3n) is 2.53. The molecule has 102 valence electrons. The Morgan fingerprint density at radius 1 is 0.950 bits per heavy atom. The van der Waals surface area contributed by atoms with Gasteiger partial charge in [-0.15, -0.1) is 0 Å². The lowest BCUT2D eigenvalue weighted by Gasteiger charge is -2.03. The van der Waals surface area contributed by atoms with E-state index in [2.05, 4.69) is 5.32 Å². The Morgan fingerprint density at radius 3 is 2.25 bits per heavy atom. The van der Waals surface area contributed by atoms with Crippen LogP contribution in [0, 0.1) is 0 Å². The number of ketones is 1. The maximum atomic E-state index is 11.9. The molecule has 0 aliphatic carbocycles. The van der Waals surface area contributed by atoms with E-state index in [0.29, 0.717) is 26.3 Å². The van der Waals surface area contributed by atoms with Crippen LogP contribution in [0.25, 0.3) is 0 Å². The Morgan fingerprint density at radius 2 is 1.60 bits per heavy atom. The number of allylic oxidation sites excluding steroid dienone is 1. The first-order chi connectivity index (χ1) is 9.56. The molecule has 0 bridgehead atoms. The molecule has 0 heterocycles. The second-order valence-electron chi connectivity index (χ2n) is 3.97. The second-order valence-corrected chi connectivity index (χ2v) is 5.25. The minimum Gasteiger partial charge on any atom is -0.360 e. The number of nitrogens with one attached hydrogen (secondary N) is 1. The minimum absolute atomic E-state index is 0.126. The molecule has 2 aromatic carbocycles. The van der Waals surface area contributed by atoms with Crippen LogP contribution in [0.5, 0.6) is 0 Å². The summed E-state index contributed by atoms with van der Waals surface area (Å²) < 4.78 is 0. The molecular formula is C15H10Cl3NO. The largest absolute Gasteiger partial charge is 0.360 e. The summed E-state index contributed by atoms with van der Waals surface area (Å²) in [5, 5.41) is 4.57. The number of carbonyl (C=O) groups is 1. The number of anilines is 1. The maximum Gasteiger partial charge on any atom is 0.187 e. The van der Waals surface area contributed by atoms with Crippen molar-refractivity contribution in [2.45, 2.75) is 0 Å². The molecule has 0 aliphatic rings. The lowest BCUT2D eigenvalue weighted by Crippen LogP contribution is -1.96. The second kappa shape index (κ2) is 6.80. The Hall–Kier alpha value is -1.48. The Bertz CT molecular complexity index is 651. The predicted octanol–water partition coefficient (Wildman–Crippen LogP) is 5.46. The summed E-state index contributed by atoms with van der Waals surface area (Å²) in [6, 6.07) is 11.8. The van der Waals surface area contributed by atoms with Crippen LogP contribution in [0.3, 0.4) is 0 Å². The Labute approximate surface area is 132 Å². The van der Waals surface area contributed by atoms with Gasteiger partial charge in [0.25, 0.3) is 0 Å². The molecule has 0 radical (unpaired) electrons. The number of rotatable bonds is 4. The molecule has 2 aromatic rings. The van der Waals surface area contributed by atoms with E-state index >= 15 is 0 Å². The average molecular weight is 327 g/mol. The van der Waals surface area contributed by atoms with Gasteiger partial charge in [-0.25, -0.2) is 0 Å². The van der Waals surface area contributed by atoms with Crippen molar-refractivity contribution in [2.75, 3.05) is 5.32 Å². The van der Waals surface area contributed by atoms with Crippen LogP contribution in [0.4, 0.5) is 5.69 Å². The van der Waals surface area contributed by atoms with Gasteiger partial charge in [0.15, 0.2) is 5.78 Å². The van der Waals surface area contributed by atoms with Gasteiger partial charge in [0.1, 0.15) is 0 Å². The Kier molecular flexibility index (Phi) is 5.07. The molecule has 2 rings (SSSR count). The molecule has 20 heavy (non-hydrogen) atoms. The highest BCUT2D eigenvalue weighted by Gasteiger charge is 2.02. The van der Waals surface area contributed by atoms with Crippen LogP contribution in [0.2, 0.25) is 15.1 Å². The van der Waals surface area contributed by atoms with E-state index in [1.807, 2.05) is 0 Å². The minimum atomic E-state index is -0.126. The van der Waals surface area contributed by atoms with Crippen LogP contribution in [-0.4, -0.2) is 5.78 Å². The fraction of sp³-hybridized carbons (Fsp3) is 0. The van der Waals surface area contributed by atoms with E-state index in [-0.39, 0.29) is 5.78 Å². The van der Waals surface area contributed by atoms with Gasteiger partial charge >= 0.3 is 0 Å². The van der Waals surface area contributed by atoms with Crippen molar-refractivity contribution in [2.24, 2.45) is 0 Å². The molecule has 5 heteroatoms. The summed E-state index contributed by atoms with van der Waals surface area (Å²) in [5.41, 5.74) is 1.24. The number of carbonyl (C=O) groups excluding carboxylic acids is 1. The summed E-state index contributed by atoms with van der Waals surface area (Å²) in [6.07, 6.45) is 2.96. The number of halogens is 3. The average Bonchev–Trinajstić information content (AvgIpc) is 2.42. The van der Waals surface area contributed by atoms with Crippen LogP contribution in [0.15, 0.2) is 54.7 Å². The third-order valence-corrected chi connectivity index (χ3v) is 3.33. The van der Waals surface area contributed by atoms with Gasteiger partial charge in [0.2, 0.25) is 0 Å². The molecule has 1 N–H and O–H groups in total. The molecular weight excluding hydrogens is 317 g/mol. The molecule has 0 saturated heterocycles. The van der Waals surface area contributed by atoms with Crippen LogP contribution >= 0.6 is 34.8 Å². The van der Waals surface area contributed by atoms with Crippen molar-refractivity contribution in [3.05, 3.63) is 75.4 Å². The van der Waals surface area contributed by atoms with E-state index < -0.39 is 0 Å². The number of hydrogen-bond donors (Lipinski definition) is 1. The highest BCUT2D eigenvalue weighted by Crippen LogP contribution is 2.25. The third kappa shape index (κ3) is 4.01. The van der Waals surface area contributed by atoms with Crippen molar-refractivity contribution in [1.29, 1.82) is 0 Å². The zero-order valence-corrected chi connectivity index (χ0v) is 12.5. The lowest BCUT2D eigenvalue weighted by molar-refractivity contribution is 0.104. The molecule has 0 amide bonds. The molecule has 0 saturated carbocycles. The quantitative estimate of drug-likeness (QED) is 0.597. The summed E-state index contributed by atoms with van der Waals surface area (Å²) >= 11 is 17.6. The zero-order chi connectivity index (χ0) is 14.5. The molecule has 0 aliphatic heterocycles. The van der Waals surface area contributed by atoms with E-state index in [9.17, 15) is 4.79 Å². The number of hydrogen-bond acceptors (Lipinski definition) is 2. The molecule has 0 spiro atoms. The fourth-order valence-corrected chi connectivity index (χ4v) is 2.11. The van der Waals surface area contributed by atoms with Gasteiger partial charge in [-0.2, -0.15) is 0 Å². The summed E-state index contributed by atoms with van der Waals surface area (Å²) in [6.45, 7) is 0. The first kappa shape index (κ1) is 14.9. The van der Waals surface area contributed by atoms with E-state index in [1.54, 1.807) is 42.5 Å².